The minimum absolute atomic E-state index is 0.457. The topological polar surface area (TPSA) is 27.1 Å². The van der Waals surface area contributed by atoms with Gasteiger partial charge in [0.15, 0.2) is 0 Å². The Kier molecular flexibility index (Phi) is 4.69. The van der Waals surface area contributed by atoms with Crippen molar-refractivity contribution in [2.24, 2.45) is 0 Å². The largest absolute Gasteiger partial charge is 0.491 e. The average molecular weight is 307 g/mol. The smallest absolute Gasteiger partial charge is 0.147 e. The number of ether oxygens (including phenoxy) is 1. The van der Waals surface area contributed by atoms with Crippen molar-refractivity contribution in [1.82, 2.24) is 9.55 Å². The zero-order valence-electron chi connectivity index (χ0n) is 12.6. The first-order chi connectivity index (χ1) is 10.3. The maximum absolute atomic E-state index is 6.16. The minimum Gasteiger partial charge on any atom is -0.491 e. The molecule has 1 aliphatic rings. The number of nitrogens with zero attached hydrogens (tertiary/aromatic N) is 2. The Morgan fingerprint density at radius 3 is 2.81 bits per heavy atom. The van der Waals surface area contributed by atoms with E-state index in [9.17, 15) is 0 Å². The van der Waals surface area contributed by atoms with Gasteiger partial charge in [0.2, 0.25) is 0 Å². The van der Waals surface area contributed by atoms with Gasteiger partial charge in [0.25, 0.3) is 0 Å². The molecule has 1 saturated carbocycles. The lowest BCUT2D eigenvalue weighted by atomic mass is 9.95. The van der Waals surface area contributed by atoms with Crippen LogP contribution < -0.4 is 4.74 Å². The fourth-order valence-corrected chi connectivity index (χ4v) is 3.50. The lowest BCUT2D eigenvalue weighted by molar-refractivity contribution is 0.320. The fraction of sp³-hybridized carbons (Fsp3) is 0.588. The predicted molar refractivity (Wildman–Crippen MR) is 87.2 cm³/mol. The van der Waals surface area contributed by atoms with Gasteiger partial charge in [0.05, 0.1) is 18.0 Å². The molecule has 4 heteroatoms. The zero-order valence-corrected chi connectivity index (χ0v) is 13.4. The number of hydrogen-bond acceptors (Lipinski definition) is 2. The number of hydrogen-bond donors (Lipinski definition) is 0. The van der Waals surface area contributed by atoms with E-state index in [4.69, 9.17) is 21.3 Å². The van der Waals surface area contributed by atoms with Gasteiger partial charge in [-0.05, 0) is 31.4 Å². The first-order valence-corrected chi connectivity index (χ1v) is 8.57. The van der Waals surface area contributed by atoms with Crippen molar-refractivity contribution in [3.63, 3.8) is 0 Å². The SMILES string of the molecule is CCCOc1cccc2c1nc(CCl)n2C1CCCCC1. The van der Waals surface area contributed by atoms with Crippen molar-refractivity contribution in [1.29, 1.82) is 0 Å². The summed E-state index contributed by atoms with van der Waals surface area (Å²) in [6.07, 6.45) is 7.42. The van der Waals surface area contributed by atoms with E-state index in [1.807, 2.05) is 6.07 Å². The lowest BCUT2D eigenvalue weighted by Gasteiger charge is -2.25. The predicted octanol–water partition coefficient (Wildman–Crippen LogP) is 5.07. The van der Waals surface area contributed by atoms with E-state index in [0.717, 1.165) is 30.1 Å². The molecular weight excluding hydrogens is 284 g/mol. The van der Waals surface area contributed by atoms with E-state index in [1.54, 1.807) is 0 Å². The molecule has 0 unspecified atom stereocenters. The highest BCUT2D eigenvalue weighted by Crippen LogP contribution is 2.35. The van der Waals surface area contributed by atoms with Crippen molar-refractivity contribution < 1.29 is 4.74 Å². The maximum Gasteiger partial charge on any atom is 0.147 e. The monoisotopic (exact) mass is 306 g/mol. The second kappa shape index (κ2) is 6.69. The summed E-state index contributed by atoms with van der Waals surface area (Å²) >= 11 is 6.16. The van der Waals surface area contributed by atoms with E-state index in [1.165, 1.54) is 37.6 Å². The van der Waals surface area contributed by atoms with Crippen molar-refractivity contribution in [3.8, 4) is 5.75 Å². The molecule has 0 N–H and O–H groups in total. The highest BCUT2D eigenvalue weighted by atomic mass is 35.5. The van der Waals surface area contributed by atoms with Crippen LogP contribution in [0.15, 0.2) is 18.2 Å². The van der Waals surface area contributed by atoms with Crippen molar-refractivity contribution >= 4 is 22.6 Å². The second-order valence-electron chi connectivity index (χ2n) is 5.80. The van der Waals surface area contributed by atoms with Crippen molar-refractivity contribution in [2.75, 3.05) is 6.61 Å². The molecule has 1 fully saturated rings. The van der Waals surface area contributed by atoms with Crippen LogP contribution in [0.1, 0.15) is 57.3 Å². The van der Waals surface area contributed by atoms with Crippen LogP contribution in [0.2, 0.25) is 0 Å². The van der Waals surface area contributed by atoms with Gasteiger partial charge in [-0.3, -0.25) is 0 Å². The third kappa shape index (κ3) is 2.89. The van der Waals surface area contributed by atoms with Gasteiger partial charge in [-0.1, -0.05) is 32.3 Å². The summed E-state index contributed by atoms with van der Waals surface area (Å²) in [7, 11) is 0. The molecule has 0 amide bonds. The number of aromatic nitrogens is 2. The molecule has 3 rings (SSSR count). The Bertz CT molecular complexity index is 602. The van der Waals surface area contributed by atoms with Crippen LogP contribution in [0, 0.1) is 0 Å². The normalized spacial score (nSPS) is 16.5. The van der Waals surface area contributed by atoms with Crippen molar-refractivity contribution in [2.45, 2.75) is 57.4 Å². The number of benzene rings is 1. The van der Waals surface area contributed by atoms with E-state index in [0.29, 0.717) is 11.9 Å². The highest BCUT2D eigenvalue weighted by Gasteiger charge is 2.22. The molecule has 0 atom stereocenters. The molecule has 1 heterocycles. The third-order valence-electron chi connectivity index (χ3n) is 4.28. The number of imidazole rings is 1. The van der Waals surface area contributed by atoms with Crippen LogP contribution in [0.3, 0.4) is 0 Å². The zero-order chi connectivity index (χ0) is 14.7. The Morgan fingerprint density at radius 1 is 1.29 bits per heavy atom. The molecule has 1 aromatic carbocycles. The Balaban J connectivity index is 2.05. The molecule has 2 aromatic rings. The van der Waals surface area contributed by atoms with Gasteiger partial charge in [-0.15, -0.1) is 11.6 Å². The standard InChI is InChI=1S/C17H23ClN2O/c1-2-11-21-15-10-6-9-14-17(15)19-16(12-18)20(14)13-7-4-3-5-8-13/h6,9-10,13H,2-5,7-8,11-12H2,1H3. The maximum atomic E-state index is 6.16. The molecule has 1 aliphatic carbocycles. The Labute approximate surface area is 131 Å². The fourth-order valence-electron chi connectivity index (χ4n) is 3.31. The van der Waals surface area contributed by atoms with Crippen LogP contribution in [-0.4, -0.2) is 16.2 Å². The second-order valence-corrected chi connectivity index (χ2v) is 6.06. The number of para-hydroxylation sites is 1. The molecule has 1 aromatic heterocycles. The Hall–Kier alpha value is -1.22. The minimum atomic E-state index is 0.457. The van der Waals surface area contributed by atoms with Gasteiger partial charge >= 0.3 is 0 Å². The van der Waals surface area contributed by atoms with Crippen LogP contribution >= 0.6 is 11.6 Å². The number of rotatable bonds is 5. The number of fused-ring (bicyclic) bond motifs is 1. The average Bonchev–Trinajstić information content (AvgIpc) is 2.92. The highest BCUT2D eigenvalue weighted by molar-refractivity contribution is 6.16. The summed E-state index contributed by atoms with van der Waals surface area (Å²) in [5.74, 6) is 2.32. The molecule has 114 valence electrons. The van der Waals surface area contributed by atoms with E-state index < -0.39 is 0 Å². The number of alkyl halides is 1. The lowest BCUT2D eigenvalue weighted by Crippen LogP contribution is -2.14. The molecule has 0 saturated heterocycles. The summed E-state index contributed by atoms with van der Waals surface area (Å²) < 4.78 is 8.21. The summed E-state index contributed by atoms with van der Waals surface area (Å²) in [5.41, 5.74) is 2.14. The summed E-state index contributed by atoms with van der Waals surface area (Å²) in [6.45, 7) is 2.84. The molecular formula is C17H23ClN2O. The van der Waals surface area contributed by atoms with Gasteiger partial charge in [-0.25, -0.2) is 4.98 Å². The van der Waals surface area contributed by atoms with Gasteiger partial charge in [0, 0.05) is 6.04 Å². The van der Waals surface area contributed by atoms with E-state index in [2.05, 4.69) is 23.6 Å². The summed E-state index contributed by atoms with van der Waals surface area (Å²) in [5, 5.41) is 0. The van der Waals surface area contributed by atoms with Gasteiger partial charge in [-0.2, -0.15) is 0 Å². The molecule has 0 radical (unpaired) electrons. The van der Waals surface area contributed by atoms with Crippen LogP contribution in [0.25, 0.3) is 11.0 Å². The first-order valence-electron chi connectivity index (χ1n) is 8.03. The molecule has 0 spiro atoms. The molecule has 21 heavy (non-hydrogen) atoms. The van der Waals surface area contributed by atoms with Crippen LogP contribution in [0.4, 0.5) is 0 Å². The molecule has 0 aliphatic heterocycles. The Morgan fingerprint density at radius 2 is 2.10 bits per heavy atom. The van der Waals surface area contributed by atoms with Gasteiger partial charge < -0.3 is 9.30 Å². The van der Waals surface area contributed by atoms with Crippen LogP contribution in [0.5, 0.6) is 5.75 Å². The third-order valence-corrected chi connectivity index (χ3v) is 4.52. The quantitative estimate of drug-likeness (QED) is 0.721. The first kappa shape index (κ1) is 14.7. The van der Waals surface area contributed by atoms with Crippen LogP contribution in [-0.2, 0) is 5.88 Å². The van der Waals surface area contributed by atoms with Gasteiger partial charge in [0.1, 0.15) is 17.1 Å². The molecule has 0 bridgehead atoms. The number of halogens is 1. The molecule has 3 nitrogen and oxygen atoms in total. The van der Waals surface area contributed by atoms with E-state index >= 15 is 0 Å². The van der Waals surface area contributed by atoms with Crippen molar-refractivity contribution in [3.05, 3.63) is 24.0 Å². The summed E-state index contributed by atoms with van der Waals surface area (Å²) in [4.78, 5) is 4.77. The van der Waals surface area contributed by atoms with E-state index in [-0.39, 0.29) is 0 Å². The summed E-state index contributed by atoms with van der Waals surface area (Å²) in [6, 6.07) is 6.76.